The van der Waals surface area contributed by atoms with Gasteiger partial charge in [0.25, 0.3) is 0 Å². The van der Waals surface area contributed by atoms with E-state index in [0.717, 1.165) is 16.7 Å². The fourth-order valence-corrected chi connectivity index (χ4v) is 1.92. The van der Waals surface area contributed by atoms with Crippen molar-refractivity contribution in [2.24, 2.45) is 0 Å². The van der Waals surface area contributed by atoms with Gasteiger partial charge < -0.3 is 11.1 Å². The molecule has 0 unspecified atom stereocenters. The lowest BCUT2D eigenvalue weighted by molar-refractivity contribution is -0.114. The van der Waals surface area contributed by atoms with Crippen LogP contribution in [0.4, 0.5) is 11.5 Å². The molecule has 0 spiro atoms. The zero-order chi connectivity index (χ0) is 14.0. The van der Waals surface area contributed by atoms with Gasteiger partial charge in [-0.1, -0.05) is 11.6 Å². The monoisotopic (exact) mass is 276 g/mol. The van der Waals surface area contributed by atoms with Gasteiger partial charge in [-0.25, -0.2) is 9.97 Å². The molecule has 0 aliphatic heterocycles. The van der Waals surface area contributed by atoms with E-state index in [9.17, 15) is 4.79 Å². The molecule has 2 aromatic heterocycles. The van der Waals surface area contributed by atoms with Crippen molar-refractivity contribution in [1.82, 2.24) is 9.97 Å². The Morgan fingerprint density at radius 2 is 2.16 bits per heavy atom. The second kappa shape index (κ2) is 5.24. The van der Waals surface area contributed by atoms with Crippen LogP contribution in [-0.2, 0) is 4.79 Å². The van der Waals surface area contributed by atoms with Gasteiger partial charge in [-0.15, -0.1) is 0 Å². The fraction of sp³-hybridized carbons (Fsp3) is 0.154. The first-order valence-electron chi connectivity index (χ1n) is 5.63. The lowest BCUT2D eigenvalue weighted by atomic mass is 10.0. The Bertz CT molecular complexity index is 643. The summed E-state index contributed by atoms with van der Waals surface area (Å²) in [6, 6.07) is 3.58. The number of amides is 1. The first kappa shape index (κ1) is 13.3. The molecule has 19 heavy (non-hydrogen) atoms. The number of hydrogen-bond donors (Lipinski definition) is 2. The summed E-state index contributed by atoms with van der Waals surface area (Å²) in [5.41, 5.74) is 8.89. The Hall–Kier alpha value is -2.14. The zero-order valence-electron chi connectivity index (χ0n) is 10.6. The third kappa shape index (κ3) is 2.82. The van der Waals surface area contributed by atoms with Crippen LogP contribution in [0.5, 0.6) is 0 Å². The molecule has 0 aliphatic carbocycles. The van der Waals surface area contributed by atoms with Crippen molar-refractivity contribution in [2.75, 3.05) is 11.1 Å². The highest BCUT2D eigenvalue weighted by Gasteiger charge is 2.10. The molecule has 2 aromatic rings. The average molecular weight is 277 g/mol. The summed E-state index contributed by atoms with van der Waals surface area (Å²) >= 11 is 5.87. The van der Waals surface area contributed by atoms with Gasteiger partial charge in [0, 0.05) is 24.9 Å². The van der Waals surface area contributed by atoms with E-state index in [-0.39, 0.29) is 11.1 Å². The predicted octanol–water partition coefficient (Wildman–Crippen LogP) is 2.65. The SMILES string of the molecule is CC(=O)Nc1cc(-c2cnc(Cl)c(N)c2C)ccn1. The van der Waals surface area contributed by atoms with Crippen LogP contribution in [0, 0.1) is 6.92 Å². The first-order valence-corrected chi connectivity index (χ1v) is 6.01. The number of nitrogens with two attached hydrogens (primary N) is 1. The van der Waals surface area contributed by atoms with Crippen LogP contribution in [0.1, 0.15) is 12.5 Å². The van der Waals surface area contributed by atoms with Crippen molar-refractivity contribution < 1.29 is 4.79 Å². The Kier molecular flexibility index (Phi) is 3.66. The van der Waals surface area contributed by atoms with Crippen LogP contribution in [0.2, 0.25) is 5.15 Å². The van der Waals surface area contributed by atoms with Crippen LogP contribution >= 0.6 is 11.6 Å². The zero-order valence-corrected chi connectivity index (χ0v) is 11.3. The molecule has 0 radical (unpaired) electrons. The number of carbonyl (C=O) groups is 1. The van der Waals surface area contributed by atoms with Crippen LogP contribution < -0.4 is 11.1 Å². The van der Waals surface area contributed by atoms with Gasteiger partial charge >= 0.3 is 0 Å². The third-order valence-corrected chi connectivity index (χ3v) is 3.01. The van der Waals surface area contributed by atoms with Gasteiger partial charge in [0.05, 0.1) is 5.69 Å². The van der Waals surface area contributed by atoms with E-state index >= 15 is 0 Å². The second-order valence-corrected chi connectivity index (χ2v) is 4.47. The van der Waals surface area contributed by atoms with Crippen LogP contribution in [0.15, 0.2) is 24.5 Å². The highest BCUT2D eigenvalue weighted by atomic mass is 35.5. The number of halogens is 1. The summed E-state index contributed by atoms with van der Waals surface area (Å²) < 4.78 is 0. The van der Waals surface area contributed by atoms with E-state index < -0.39 is 0 Å². The molecule has 1 amide bonds. The van der Waals surface area contributed by atoms with E-state index in [1.807, 2.05) is 13.0 Å². The maximum absolute atomic E-state index is 11.0. The molecule has 98 valence electrons. The van der Waals surface area contributed by atoms with E-state index in [1.165, 1.54) is 6.92 Å². The average Bonchev–Trinajstić information content (AvgIpc) is 2.36. The summed E-state index contributed by atoms with van der Waals surface area (Å²) in [6.45, 7) is 3.30. The minimum absolute atomic E-state index is 0.171. The highest BCUT2D eigenvalue weighted by molar-refractivity contribution is 6.32. The molecule has 0 saturated heterocycles. The lowest BCUT2D eigenvalue weighted by Gasteiger charge is -2.10. The maximum Gasteiger partial charge on any atom is 0.222 e. The number of pyridine rings is 2. The van der Waals surface area contributed by atoms with Gasteiger partial charge in [-0.3, -0.25) is 4.79 Å². The summed E-state index contributed by atoms with van der Waals surface area (Å²) in [4.78, 5) is 19.1. The van der Waals surface area contributed by atoms with Gasteiger partial charge in [0.2, 0.25) is 5.91 Å². The predicted molar refractivity (Wildman–Crippen MR) is 75.9 cm³/mol. The lowest BCUT2D eigenvalue weighted by Crippen LogP contribution is -2.07. The molecule has 0 atom stereocenters. The summed E-state index contributed by atoms with van der Waals surface area (Å²) in [7, 11) is 0. The molecule has 0 aromatic carbocycles. The van der Waals surface area contributed by atoms with Gasteiger partial charge in [0.1, 0.15) is 5.82 Å². The number of nitrogens with zero attached hydrogens (tertiary/aromatic N) is 2. The van der Waals surface area contributed by atoms with Crippen molar-refractivity contribution in [3.05, 3.63) is 35.2 Å². The Labute approximate surface area is 115 Å². The number of carbonyl (C=O) groups excluding carboxylic acids is 1. The molecule has 6 heteroatoms. The summed E-state index contributed by atoms with van der Waals surface area (Å²) in [5.74, 6) is 0.313. The molecule has 5 nitrogen and oxygen atoms in total. The molecular formula is C13H13ClN4O. The highest BCUT2D eigenvalue weighted by Crippen LogP contribution is 2.30. The van der Waals surface area contributed by atoms with Crippen molar-refractivity contribution in [2.45, 2.75) is 13.8 Å². The largest absolute Gasteiger partial charge is 0.396 e. The second-order valence-electron chi connectivity index (χ2n) is 4.11. The van der Waals surface area contributed by atoms with Crippen LogP contribution in [0.25, 0.3) is 11.1 Å². The van der Waals surface area contributed by atoms with Gasteiger partial charge in [-0.2, -0.15) is 0 Å². The Balaban J connectivity index is 2.47. The minimum Gasteiger partial charge on any atom is -0.396 e. The number of nitrogen functional groups attached to an aromatic ring is 1. The minimum atomic E-state index is -0.171. The normalized spacial score (nSPS) is 10.3. The number of nitrogens with one attached hydrogen (secondary N) is 1. The van der Waals surface area contributed by atoms with E-state index in [1.54, 1.807) is 18.5 Å². The summed E-state index contributed by atoms with van der Waals surface area (Å²) in [5, 5.41) is 2.92. The van der Waals surface area contributed by atoms with Crippen molar-refractivity contribution >= 4 is 29.0 Å². The topological polar surface area (TPSA) is 80.9 Å². The number of aromatic nitrogens is 2. The van der Waals surface area contributed by atoms with E-state index in [0.29, 0.717) is 11.5 Å². The molecule has 0 fully saturated rings. The molecule has 0 aliphatic rings. The molecule has 2 heterocycles. The van der Waals surface area contributed by atoms with E-state index in [4.69, 9.17) is 17.3 Å². The smallest absolute Gasteiger partial charge is 0.222 e. The molecule has 0 bridgehead atoms. The van der Waals surface area contributed by atoms with Crippen molar-refractivity contribution in [1.29, 1.82) is 0 Å². The fourth-order valence-electron chi connectivity index (χ4n) is 1.73. The van der Waals surface area contributed by atoms with E-state index in [2.05, 4.69) is 15.3 Å². The molecule has 3 N–H and O–H groups in total. The van der Waals surface area contributed by atoms with Gasteiger partial charge in [0.15, 0.2) is 5.15 Å². The molecule has 2 rings (SSSR count). The molecule has 0 saturated carbocycles. The van der Waals surface area contributed by atoms with Gasteiger partial charge in [-0.05, 0) is 30.2 Å². The van der Waals surface area contributed by atoms with Crippen LogP contribution in [0.3, 0.4) is 0 Å². The number of hydrogen-bond acceptors (Lipinski definition) is 4. The van der Waals surface area contributed by atoms with Crippen LogP contribution in [-0.4, -0.2) is 15.9 Å². The third-order valence-electron chi connectivity index (χ3n) is 2.71. The first-order chi connectivity index (χ1) is 8.99. The molecular weight excluding hydrogens is 264 g/mol. The summed E-state index contributed by atoms with van der Waals surface area (Å²) in [6.07, 6.45) is 3.27. The Morgan fingerprint density at radius 3 is 2.84 bits per heavy atom. The number of anilines is 2. The quantitative estimate of drug-likeness (QED) is 0.826. The van der Waals surface area contributed by atoms with Crippen molar-refractivity contribution in [3.8, 4) is 11.1 Å². The number of rotatable bonds is 2. The maximum atomic E-state index is 11.0. The Morgan fingerprint density at radius 1 is 1.42 bits per heavy atom. The van der Waals surface area contributed by atoms with Crippen molar-refractivity contribution in [3.63, 3.8) is 0 Å². The standard InChI is InChI=1S/C13H13ClN4O/c1-7-10(6-17-13(14)12(7)15)9-3-4-16-11(5-9)18-8(2)19/h3-6H,15H2,1-2H3,(H,16,18,19).